The summed E-state index contributed by atoms with van der Waals surface area (Å²) in [5, 5.41) is 11.4. The molecule has 1 aliphatic rings. The number of rotatable bonds is 5. The maximum absolute atomic E-state index is 13.1. The Balaban J connectivity index is 2.26. The zero-order valence-electron chi connectivity index (χ0n) is 19.2. The molecule has 1 saturated heterocycles. The van der Waals surface area contributed by atoms with Crippen LogP contribution in [0.3, 0.4) is 0 Å². The quantitative estimate of drug-likeness (QED) is 0.413. The molecule has 0 aliphatic carbocycles. The number of nitrogens with zero attached hydrogens (tertiary/aromatic N) is 1. The molecule has 0 saturated carbocycles. The van der Waals surface area contributed by atoms with Crippen molar-refractivity contribution < 1.29 is 19.4 Å². The van der Waals surface area contributed by atoms with Gasteiger partial charge >= 0.3 is 0 Å². The van der Waals surface area contributed by atoms with Crippen molar-refractivity contribution >= 4 is 17.4 Å². The fourth-order valence-electron chi connectivity index (χ4n) is 4.00. The second-order valence-electron chi connectivity index (χ2n) is 9.05. The largest absolute Gasteiger partial charge is 0.507 e. The maximum Gasteiger partial charge on any atom is 0.295 e. The number of hydrogen-bond donors (Lipinski definition) is 1. The molecule has 3 rings (SSSR count). The number of aliphatic hydroxyl groups excluding tert-OH is 1. The highest BCUT2D eigenvalue weighted by Crippen LogP contribution is 2.41. The zero-order valence-corrected chi connectivity index (χ0v) is 19.2. The number of amides is 1. The van der Waals surface area contributed by atoms with Crippen molar-refractivity contribution in [1.29, 1.82) is 0 Å². The zero-order chi connectivity index (χ0) is 22.9. The number of carbonyl (C=O) groups is 2. The van der Waals surface area contributed by atoms with Crippen LogP contribution in [0.15, 0.2) is 48.0 Å². The highest BCUT2D eigenvalue weighted by molar-refractivity contribution is 6.46. The van der Waals surface area contributed by atoms with Gasteiger partial charge in [0.15, 0.2) is 0 Å². The van der Waals surface area contributed by atoms with Gasteiger partial charge in [-0.1, -0.05) is 52.0 Å². The predicted octanol–water partition coefficient (Wildman–Crippen LogP) is 5.13. The van der Waals surface area contributed by atoms with E-state index in [1.54, 1.807) is 12.0 Å². The van der Waals surface area contributed by atoms with Gasteiger partial charge in [-0.3, -0.25) is 9.59 Å². The Labute approximate surface area is 184 Å². The molecule has 5 nitrogen and oxygen atoms in total. The Morgan fingerprint density at radius 3 is 2.45 bits per heavy atom. The van der Waals surface area contributed by atoms with E-state index >= 15 is 0 Å². The Hall–Kier alpha value is -3.08. The summed E-state index contributed by atoms with van der Waals surface area (Å²) in [4.78, 5) is 27.5. The summed E-state index contributed by atoms with van der Waals surface area (Å²) in [6.07, 6.45) is 0.700. The average Bonchev–Trinajstić information content (AvgIpc) is 2.98. The molecule has 2 aromatic rings. The van der Waals surface area contributed by atoms with Crippen molar-refractivity contribution in [3.05, 3.63) is 70.3 Å². The molecule has 1 N–H and O–H groups in total. The molecule has 1 heterocycles. The standard InChI is InChI=1S/C26H31NO4/c1-7-13-27-22(17-9-8-10-19(14-17)31-6)21(24(29)25(27)30)23(28)20-15-18(26(3,4)5)12-11-16(20)2/h8-12,14-15,22,28H,7,13H2,1-6H3/b23-21+. The number of aliphatic hydroxyl groups is 1. The normalized spacial score (nSPS) is 18.5. The lowest BCUT2D eigenvalue weighted by Gasteiger charge is -2.25. The second kappa shape index (κ2) is 8.58. The number of ketones is 1. The van der Waals surface area contributed by atoms with Crippen molar-refractivity contribution in [2.75, 3.05) is 13.7 Å². The summed E-state index contributed by atoms with van der Waals surface area (Å²) < 4.78 is 5.35. The van der Waals surface area contributed by atoms with E-state index in [1.807, 2.05) is 56.3 Å². The summed E-state index contributed by atoms with van der Waals surface area (Å²) >= 11 is 0. The minimum atomic E-state index is -0.659. The summed E-state index contributed by atoms with van der Waals surface area (Å²) in [6, 6.07) is 12.5. The summed E-state index contributed by atoms with van der Waals surface area (Å²) in [5.74, 6) is -0.737. The molecule has 1 unspecified atom stereocenters. The third kappa shape index (κ3) is 4.22. The first-order valence-corrected chi connectivity index (χ1v) is 10.6. The number of hydrogen-bond acceptors (Lipinski definition) is 4. The van der Waals surface area contributed by atoms with Crippen LogP contribution in [0.1, 0.15) is 62.4 Å². The van der Waals surface area contributed by atoms with Gasteiger partial charge in [0.1, 0.15) is 11.5 Å². The summed E-state index contributed by atoms with van der Waals surface area (Å²) in [7, 11) is 1.57. The molecular formula is C26H31NO4. The Bertz CT molecular complexity index is 1050. The van der Waals surface area contributed by atoms with Gasteiger partial charge in [0.2, 0.25) is 0 Å². The number of carbonyl (C=O) groups excluding carboxylic acids is 2. The molecule has 5 heteroatoms. The van der Waals surface area contributed by atoms with Gasteiger partial charge in [-0.15, -0.1) is 0 Å². The van der Waals surface area contributed by atoms with Gasteiger partial charge in [-0.25, -0.2) is 0 Å². The molecule has 0 radical (unpaired) electrons. The van der Waals surface area contributed by atoms with Gasteiger partial charge in [0.05, 0.1) is 18.7 Å². The van der Waals surface area contributed by atoms with E-state index in [0.29, 0.717) is 24.3 Å². The fourth-order valence-corrected chi connectivity index (χ4v) is 4.00. The fraction of sp³-hybridized carbons (Fsp3) is 0.385. The van der Waals surface area contributed by atoms with Crippen LogP contribution in [-0.4, -0.2) is 35.4 Å². The third-order valence-corrected chi connectivity index (χ3v) is 5.77. The topological polar surface area (TPSA) is 66.8 Å². The number of Topliss-reactive ketones (excluding diaryl/α,β-unsaturated/α-hetero) is 1. The Kier molecular flexibility index (Phi) is 6.25. The number of ether oxygens (including phenoxy) is 1. The number of benzene rings is 2. The molecule has 1 fully saturated rings. The van der Waals surface area contributed by atoms with Crippen LogP contribution in [-0.2, 0) is 15.0 Å². The van der Waals surface area contributed by atoms with E-state index in [1.165, 1.54) is 0 Å². The Morgan fingerprint density at radius 1 is 1.13 bits per heavy atom. The Morgan fingerprint density at radius 2 is 1.84 bits per heavy atom. The van der Waals surface area contributed by atoms with Crippen LogP contribution in [0, 0.1) is 6.92 Å². The molecule has 1 atom stereocenters. The SMILES string of the molecule is CCCN1C(=O)C(=O)/C(=C(/O)c2cc(C(C)(C)C)ccc2C)C1c1cccc(OC)c1. The average molecular weight is 422 g/mol. The van der Waals surface area contributed by atoms with Gasteiger partial charge in [-0.2, -0.15) is 0 Å². The van der Waals surface area contributed by atoms with E-state index in [4.69, 9.17) is 4.74 Å². The van der Waals surface area contributed by atoms with Crippen LogP contribution in [0.4, 0.5) is 0 Å². The highest BCUT2D eigenvalue weighted by atomic mass is 16.5. The van der Waals surface area contributed by atoms with Gasteiger partial charge in [0, 0.05) is 12.1 Å². The first-order chi connectivity index (χ1) is 14.6. The molecular weight excluding hydrogens is 390 g/mol. The second-order valence-corrected chi connectivity index (χ2v) is 9.05. The third-order valence-electron chi connectivity index (χ3n) is 5.77. The number of likely N-dealkylation sites (tertiary alicyclic amines) is 1. The minimum Gasteiger partial charge on any atom is -0.507 e. The number of methoxy groups -OCH3 is 1. The van der Waals surface area contributed by atoms with Crippen LogP contribution >= 0.6 is 0 Å². The molecule has 1 aliphatic heterocycles. The molecule has 164 valence electrons. The van der Waals surface area contributed by atoms with Gasteiger partial charge < -0.3 is 14.7 Å². The van der Waals surface area contributed by atoms with E-state index in [9.17, 15) is 14.7 Å². The molecule has 0 bridgehead atoms. The minimum absolute atomic E-state index is 0.122. The summed E-state index contributed by atoms with van der Waals surface area (Å²) in [6.45, 7) is 10.6. The van der Waals surface area contributed by atoms with Crippen molar-refractivity contribution in [2.24, 2.45) is 0 Å². The molecule has 2 aromatic carbocycles. The lowest BCUT2D eigenvalue weighted by Crippen LogP contribution is -2.30. The lowest BCUT2D eigenvalue weighted by molar-refractivity contribution is -0.139. The van der Waals surface area contributed by atoms with Crippen molar-refractivity contribution in [1.82, 2.24) is 4.90 Å². The molecule has 1 amide bonds. The first kappa shape index (κ1) is 22.6. The van der Waals surface area contributed by atoms with Crippen LogP contribution < -0.4 is 4.74 Å². The van der Waals surface area contributed by atoms with Crippen molar-refractivity contribution in [3.63, 3.8) is 0 Å². The maximum atomic E-state index is 13.1. The van der Waals surface area contributed by atoms with Crippen LogP contribution in [0.2, 0.25) is 0 Å². The molecule has 31 heavy (non-hydrogen) atoms. The predicted molar refractivity (Wildman–Crippen MR) is 122 cm³/mol. The lowest BCUT2D eigenvalue weighted by atomic mass is 9.84. The van der Waals surface area contributed by atoms with E-state index in [2.05, 4.69) is 20.8 Å². The molecule has 0 spiro atoms. The van der Waals surface area contributed by atoms with Crippen molar-refractivity contribution in [3.8, 4) is 5.75 Å². The number of aryl methyl sites for hydroxylation is 1. The monoisotopic (exact) mass is 421 g/mol. The van der Waals surface area contributed by atoms with Gasteiger partial charge in [-0.05, 0) is 53.6 Å². The first-order valence-electron chi connectivity index (χ1n) is 10.6. The van der Waals surface area contributed by atoms with E-state index < -0.39 is 17.7 Å². The van der Waals surface area contributed by atoms with Crippen LogP contribution in [0.5, 0.6) is 5.75 Å². The smallest absolute Gasteiger partial charge is 0.295 e. The highest BCUT2D eigenvalue weighted by Gasteiger charge is 2.45. The van der Waals surface area contributed by atoms with Crippen LogP contribution in [0.25, 0.3) is 5.76 Å². The van der Waals surface area contributed by atoms with E-state index in [0.717, 1.165) is 16.7 Å². The molecule has 0 aromatic heterocycles. The van der Waals surface area contributed by atoms with E-state index in [-0.39, 0.29) is 16.7 Å². The van der Waals surface area contributed by atoms with Crippen molar-refractivity contribution in [2.45, 2.75) is 52.5 Å². The van der Waals surface area contributed by atoms with Gasteiger partial charge in [0.25, 0.3) is 11.7 Å². The summed E-state index contributed by atoms with van der Waals surface area (Å²) in [5.41, 5.74) is 3.20.